The van der Waals surface area contributed by atoms with Crippen molar-refractivity contribution in [2.75, 3.05) is 19.6 Å². The van der Waals surface area contributed by atoms with E-state index in [0.717, 1.165) is 37.7 Å². The summed E-state index contributed by atoms with van der Waals surface area (Å²) in [5, 5.41) is 0. The van der Waals surface area contributed by atoms with Gasteiger partial charge in [0.15, 0.2) is 0 Å². The van der Waals surface area contributed by atoms with Gasteiger partial charge in [-0.05, 0) is 43.4 Å². The predicted molar refractivity (Wildman–Crippen MR) is 77.3 cm³/mol. The van der Waals surface area contributed by atoms with E-state index in [2.05, 4.69) is 4.98 Å². The Kier molecular flexibility index (Phi) is 4.05. The van der Waals surface area contributed by atoms with Crippen LogP contribution in [0.15, 0.2) is 24.5 Å². The summed E-state index contributed by atoms with van der Waals surface area (Å²) >= 11 is 0. The van der Waals surface area contributed by atoms with Crippen LogP contribution in [-0.4, -0.2) is 41.6 Å². The van der Waals surface area contributed by atoms with Gasteiger partial charge in [0.1, 0.15) is 0 Å². The molecule has 0 amide bonds. The summed E-state index contributed by atoms with van der Waals surface area (Å²) in [4.78, 5) is 4.02. The average Bonchev–Trinajstić information content (AvgIpc) is 2.99. The highest BCUT2D eigenvalue weighted by atomic mass is 32.2. The number of hydrogen-bond acceptors (Lipinski definition) is 3. The van der Waals surface area contributed by atoms with Gasteiger partial charge in [-0.15, -0.1) is 0 Å². The van der Waals surface area contributed by atoms with Crippen molar-refractivity contribution in [3.63, 3.8) is 0 Å². The third kappa shape index (κ3) is 2.60. The molecule has 0 aliphatic carbocycles. The lowest BCUT2D eigenvalue weighted by atomic mass is 10.1. The molecular weight excluding hydrogens is 274 g/mol. The highest BCUT2D eigenvalue weighted by molar-refractivity contribution is 7.86. The van der Waals surface area contributed by atoms with Gasteiger partial charge in [0.2, 0.25) is 0 Å². The number of rotatable bonds is 3. The molecule has 2 aliphatic heterocycles. The third-order valence-corrected chi connectivity index (χ3v) is 6.28. The van der Waals surface area contributed by atoms with E-state index in [1.54, 1.807) is 21.0 Å². The molecule has 0 unspecified atom stereocenters. The molecule has 3 heterocycles. The van der Waals surface area contributed by atoms with Crippen LogP contribution in [0.1, 0.15) is 43.7 Å². The van der Waals surface area contributed by atoms with Crippen molar-refractivity contribution in [2.45, 2.75) is 38.1 Å². The number of hydrogen-bond donors (Lipinski definition) is 0. The van der Waals surface area contributed by atoms with E-state index in [1.807, 2.05) is 12.1 Å². The first-order valence-corrected chi connectivity index (χ1v) is 8.76. The fourth-order valence-electron chi connectivity index (χ4n) is 3.18. The summed E-state index contributed by atoms with van der Waals surface area (Å²) in [5.74, 6) is 0. The van der Waals surface area contributed by atoms with Crippen LogP contribution in [0.5, 0.6) is 0 Å². The second kappa shape index (κ2) is 5.79. The molecule has 3 rings (SSSR count). The highest BCUT2D eigenvalue weighted by Crippen LogP contribution is 2.35. The Balaban J connectivity index is 1.84. The van der Waals surface area contributed by atoms with Gasteiger partial charge < -0.3 is 0 Å². The minimum Gasteiger partial charge on any atom is -0.265 e. The van der Waals surface area contributed by atoms with E-state index in [-0.39, 0.29) is 6.04 Å². The van der Waals surface area contributed by atoms with Crippen LogP contribution in [-0.2, 0) is 10.2 Å². The molecule has 2 aliphatic rings. The number of aromatic nitrogens is 1. The van der Waals surface area contributed by atoms with E-state index in [1.165, 1.54) is 0 Å². The van der Waals surface area contributed by atoms with Gasteiger partial charge >= 0.3 is 0 Å². The summed E-state index contributed by atoms with van der Waals surface area (Å²) < 4.78 is 29.0. The molecule has 1 aromatic heterocycles. The average molecular weight is 295 g/mol. The molecule has 0 aromatic carbocycles. The second-order valence-electron chi connectivity index (χ2n) is 5.52. The molecule has 0 bridgehead atoms. The van der Waals surface area contributed by atoms with Crippen LogP contribution in [0.25, 0.3) is 0 Å². The minimum absolute atomic E-state index is 0.0232. The maximum atomic E-state index is 12.8. The Hall–Kier alpha value is -0.980. The van der Waals surface area contributed by atoms with Crippen molar-refractivity contribution in [2.24, 2.45) is 0 Å². The predicted octanol–water partition coefficient (Wildman–Crippen LogP) is 1.95. The van der Waals surface area contributed by atoms with E-state index >= 15 is 0 Å². The van der Waals surface area contributed by atoms with Crippen LogP contribution >= 0.6 is 0 Å². The molecule has 20 heavy (non-hydrogen) atoms. The lowest BCUT2D eigenvalue weighted by Gasteiger charge is -2.33. The Bertz CT molecular complexity index is 541. The lowest BCUT2D eigenvalue weighted by Crippen LogP contribution is -2.45. The molecule has 1 atom stereocenters. The molecule has 1 aromatic rings. The molecule has 0 radical (unpaired) electrons. The summed E-state index contributed by atoms with van der Waals surface area (Å²) in [6.45, 7) is 1.97. The molecule has 2 saturated heterocycles. The molecule has 2 fully saturated rings. The SMILES string of the molecule is O=S(=O)(N1CCCCC1)N1CCC[C@H]1c1ccncc1. The quantitative estimate of drug-likeness (QED) is 0.856. The summed E-state index contributed by atoms with van der Waals surface area (Å²) in [7, 11) is -3.31. The Morgan fingerprint density at radius 1 is 1.00 bits per heavy atom. The molecule has 0 spiro atoms. The van der Waals surface area contributed by atoms with Gasteiger partial charge in [-0.3, -0.25) is 4.98 Å². The molecular formula is C14H21N3O2S. The number of nitrogens with zero attached hydrogens (tertiary/aromatic N) is 3. The first kappa shape index (κ1) is 14.0. The Morgan fingerprint density at radius 3 is 2.40 bits per heavy atom. The minimum atomic E-state index is -3.31. The molecule has 110 valence electrons. The maximum absolute atomic E-state index is 12.8. The normalized spacial score (nSPS) is 25.9. The summed E-state index contributed by atoms with van der Waals surface area (Å²) in [6, 6.07) is 3.83. The van der Waals surface area contributed by atoms with Gasteiger partial charge in [0.25, 0.3) is 10.2 Å². The van der Waals surface area contributed by atoms with Crippen molar-refractivity contribution >= 4 is 10.2 Å². The smallest absolute Gasteiger partial charge is 0.265 e. The van der Waals surface area contributed by atoms with E-state index in [0.29, 0.717) is 19.6 Å². The van der Waals surface area contributed by atoms with Crippen molar-refractivity contribution in [1.82, 2.24) is 13.6 Å². The zero-order valence-electron chi connectivity index (χ0n) is 11.6. The monoisotopic (exact) mass is 295 g/mol. The van der Waals surface area contributed by atoms with Gasteiger partial charge in [0, 0.05) is 32.0 Å². The molecule has 6 heteroatoms. The maximum Gasteiger partial charge on any atom is 0.282 e. The molecule has 5 nitrogen and oxygen atoms in total. The largest absolute Gasteiger partial charge is 0.282 e. The first-order valence-electron chi connectivity index (χ1n) is 7.36. The van der Waals surface area contributed by atoms with Crippen LogP contribution in [0, 0.1) is 0 Å². The van der Waals surface area contributed by atoms with Crippen LogP contribution in [0.4, 0.5) is 0 Å². The van der Waals surface area contributed by atoms with Crippen LogP contribution in [0.2, 0.25) is 0 Å². The summed E-state index contributed by atoms with van der Waals surface area (Å²) in [5.41, 5.74) is 1.05. The standard InChI is InChI=1S/C14H21N3O2S/c18-20(19,16-10-2-1-3-11-16)17-12-4-5-14(17)13-6-8-15-9-7-13/h6-9,14H,1-5,10-12H2/t14-/m0/s1. The fraction of sp³-hybridized carbons (Fsp3) is 0.643. The zero-order chi connectivity index (χ0) is 14.0. The molecule has 0 N–H and O–H groups in total. The van der Waals surface area contributed by atoms with Gasteiger partial charge in [-0.2, -0.15) is 17.0 Å². The lowest BCUT2D eigenvalue weighted by molar-refractivity contribution is 0.296. The van der Waals surface area contributed by atoms with Gasteiger partial charge in [-0.25, -0.2) is 0 Å². The zero-order valence-corrected chi connectivity index (χ0v) is 12.4. The first-order chi connectivity index (χ1) is 9.69. The highest BCUT2D eigenvalue weighted by Gasteiger charge is 2.38. The van der Waals surface area contributed by atoms with Gasteiger partial charge in [-0.1, -0.05) is 6.42 Å². The van der Waals surface area contributed by atoms with Crippen LogP contribution in [0.3, 0.4) is 0 Å². The molecule has 0 saturated carbocycles. The van der Waals surface area contributed by atoms with Crippen molar-refractivity contribution in [3.05, 3.63) is 30.1 Å². The van der Waals surface area contributed by atoms with E-state index < -0.39 is 10.2 Å². The Morgan fingerprint density at radius 2 is 1.70 bits per heavy atom. The fourth-order valence-corrected chi connectivity index (χ4v) is 5.10. The van der Waals surface area contributed by atoms with Crippen molar-refractivity contribution < 1.29 is 8.42 Å². The van der Waals surface area contributed by atoms with Gasteiger partial charge in [0.05, 0.1) is 6.04 Å². The second-order valence-corrected chi connectivity index (χ2v) is 7.40. The van der Waals surface area contributed by atoms with E-state index in [4.69, 9.17) is 0 Å². The topological polar surface area (TPSA) is 53.5 Å². The number of piperidine rings is 1. The summed E-state index contributed by atoms with van der Waals surface area (Å²) in [6.07, 6.45) is 8.40. The Labute approximate surface area is 120 Å². The van der Waals surface area contributed by atoms with Crippen molar-refractivity contribution in [3.8, 4) is 0 Å². The number of pyridine rings is 1. The van der Waals surface area contributed by atoms with Crippen molar-refractivity contribution in [1.29, 1.82) is 0 Å². The van der Waals surface area contributed by atoms with Crippen LogP contribution < -0.4 is 0 Å². The third-order valence-electron chi connectivity index (χ3n) is 4.23. The van der Waals surface area contributed by atoms with E-state index in [9.17, 15) is 8.42 Å².